The molecule has 1 aliphatic rings. The lowest BCUT2D eigenvalue weighted by Crippen LogP contribution is -2.41. The number of aromatic nitrogens is 2. The van der Waals surface area contributed by atoms with Crippen LogP contribution >= 0.6 is 11.6 Å². The first-order chi connectivity index (χ1) is 12.3. The van der Waals surface area contributed by atoms with Crippen molar-refractivity contribution in [2.24, 2.45) is 0 Å². The largest absolute Gasteiger partial charge is 0.417 e. The Bertz CT molecular complexity index is 810. The van der Waals surface area contributed by atoms with Crippen LogP contribution in [0.3, 0.4) is 0 Å². The topological polar surface area (TPSA) is 67.4 Å². The van der Waals surface area contributed by atoms with Crippen molar-refractivity contribution in [3.63, 3.8) is 0 Å². The Kier molecular flexibility index (Phi) is 5.28. The van der Waals surface area contributed by atoms with Gasteiger partial charge in [-0.1, -0.05) is 11.6 Å². The molecule has 0 radical (unpaired) electrons. The summed E-state index contributed by atoms with van der Waals surface area (Å²) in [5.74, 6) is -0.273. The van der Waals surface area contributed by atoms with Crippen molar-refractivity contribution in [2.75, 3.05) is 31.6 Å². The van der Waals surface area contributed by atoms with Crippen LogP contribution in [-0.4, -0.2) is 47.1 Å². The summed E-state index contributed by atoms with van der Waals surface area (Å²) < 4.78 is 44.0. The van der Waals surface area contributed by atoms with E-state index in [1.807, 2.05) is 0 Å². The third-order valence-electron chi connectivity index (χ3n) is 3.70. The molecular weight excluding hydrogens is 373 g/mol. The molecular formula is C16H14ClF3N4O2. The van der Waals surface area contributed by atoms with Gasteiger partial charge in [0.05, 0.1) is 23.8 Å². The maximum atomic E-state index is 12.9. The minimum Gasteiger partial charge on any atom is -0.378 e. The van der Waals surface area contributed by atoms with Gasteiger partial charge >= 0.3 is 6.18 Å². The molecule has 0 saturated carbocycles. The van der Waals surface area contributed by atoms with E-state index in [4.69, 9.17) is 16.3 Å². The summed E-state index contributed by atoms with van der Waals surface area (Å²) in [4.78, 5) is 22.1. The molecule has 1 fully saturated rings. The zero-order valence-corrected chi connectivity index (χ0v) is 14.1. The summed E-state index contributed by atoms with van der Waals surface area (Å²) in [7, 11) is 0. The molecule has 0 atom stereocenters. The molecule has 1 amide bonds. The lowest BCUT2D eigenvalue weighted by atomic mass is 10.2. The molecule has 0 bridgehead atoms. The van der Waals surface area contributed by atoms with Gasteiger partial charge in [0.1, 0.15) is 5.69 Å². The van der Waals surface area contributed by atoms with E-state index < -0.39 is 16.8 Å². The Hall–Kier alpha value is -2.39. The second-order valence-electron chi connectivity index (χ2n) is 5.49. The van der Waals surface area contributed by atoms with Crippen molar-refractivity contribution in [1.29, 1.82) is 0 Å². The first-order valence-electron chi connectivity index (χ1n) is 7.68. The Labute approximate surface area is 151 Å². The summed E-state index contributed by atoms with van der Waals surface area (Å²) in [5, 5.41) is 2.26. The zero-order chi connectivity index (χ0) is 18.7. The molecule has 0 unspecified atom stereocenters. The fourth-order valence-corrected chi connectivity index (χ4v) is 2.64. The van der Waals surface area contributed by atoms with Crippen LogP contribution in [-0.2, 0) is 10.9 Å². The number of benzene rings is 1. The molecule has 2 aromatic rings. The summed E-state index contributed by atoms with van der Waals surface area (Å²) in [6.45, 7) is 1.81. The van der Waals surface area contributed by atoms with Gasteiger partial charge in [-0.3, -0.25) is 4.79 Å². The fourth-order valence-electron chi connectivity index (χ4n) is 2.42. The molecule has 26 heavy (non-hydrogen) atoms. The number of alkyl halides is 3. The average Bonchev–Trinajstić information content (AvgIpc) is 2.63. The van der Waals surface area contributed by atoms with E-state index in [9.17, 15) is 18.0 Å². The predicted molar refractivity (Wildman–Crippen MR) is 88.5 cm³/mol. The second kappa shape index (κ2) is 7.46. The van der Waals surface area contributed by atoms with E-state index in [1.54, 1.807) is 4.90 Å². The maximum Gasteiger partial charge on any atom is 0.417 e. The van der Waals surface area contributed by atoms with E-state index in [0.29, 0.717) is 26.3 Å². The molecule has 138 valence electrons. The van der Waals surface area contributed by atoms with E-state index in [2.05, 4.69) is 15.3 Å². The predicted octanol–water partition coefficient (Wildman–Crippen LogP) is 3.36. The number of ether oxygens (including phenoxy) is 1. The van der Waals surface area contributed by atoms with Gasteiger partial charge in [-0.2, -0.15) is 13.2 Å². The van der Waals surface area contributed by atoms with Crippen LogP contribution in [0.1, 0.15) is 16.1 Å². The molecule has 1 aromatic heterocycles. The number of amides is 1. The van der Waals surface area contributed by atoms with Crippen LogP contribution in [0.2, 0.25) is 5.02 Å². The van der Waals surface area contributed by atoms with Crippen LogP contribution in [0.25, 0.3) is 0 Å². The van der Waals surface area contributed by atoms with Gasteiger partial charge in [0.15, 0.2) is 0 Å². The minimum absolute atomic E-state index is 0.0135. The molecule has 3 rings (SSSR count). The Morgan fingerprint density at radius 2 is 1.96 bits per heavy atom. The van der Waals surface area contributed by atoms with Crippen molar-refractivity contribution in [3.8, 4) is 0 Å². The van der Waals surface area contributed by atoms with Crippen molar-refractivity contribution in [2.45, 2.75) is 6.18 Å². The number of carbonyl (C=O) groups is 1. The number of rotatable bonds is 3. The Morgan fingerprint density at radius 1 is 1.23 bits per heavy atom. The third-order valence-corrected chi connectivity index (χ3v) is 4.03. The van der Waals surface area contributed by atoms with E-state index in [1.165, 1.54) is 18.3 Å². The number of nitrogens with zero attached hydrogens (tertiary/aromatic N) is 3. The van der Waals surface area contributed by atoms with Crippen molar-refractivity contribution >= 4 is 29.1 Å². The Morgan fingerprint density at radius 3 is 2.65 bits per heavy atom. The van der Waals surface area contributed by atoms with E-state index >= 15 is 0 Å². The summed E-state index contributed by atoms with van der Waals surface area (Å²) in [6.07, 6.45) is -3.21. The number of nitrogens with one attached hydrogen (secondary N) is 1. The molecule has 1 aliphatic heterocycles. The number of hydrogen-bond donors (Lipinski definition) is 1. The molecule has 1 saturated heterocycles. The molecule has 0 aliphatic carbocycles. The molecule has 2 heterocycles. The Balaban J connectivity index is 1.80. The monoisotopic (exact) mass is 386 g/mol. The van der Waals surface area contributed by atoms with Crippen molar-refractivity contribution in [3.05, 3.63) is 46.7 Å². The SMILES string of the molecule is O=C(c1ccnc(Nc2ccc(Cl)c(C(F)(F)F)c2)n1)N1CCOCC1. The highest BCUT2D eigenvalue weighted by Crippen LogP contribution is 2.36. The van der Waals surface area contributed by atoms with Crippen LogP contribution in [0.4, 0.5) is 24.8 Å². The highest BCUT2D eigenvalue weighted by molar-refractivity contribution is 6.31. The summed E-state index contributed by atoms with van der Waals surface area (Å²) in [6, 6.07) is 4.82. The van der Waals surface area contributed by atoms with Crippen molar-refractivity contribution in [1.82, 2.24) is 14.9 Å². The third kappa shape index (κ3) is 4.23. The van der Waals surface area contributed by atoms with Crippen LogP contribution < -0.4 is 5.32 Å². The van der Waals surface area contributed by atoms with E-state index in [-0.39, 0.29) is 23.2 Å². The lowest BCUT2D eigenvalue weighted by molar-refractivity contribution is -0.137. The smallest absolute Gasteiger partial charge is 0.378 e. The standard InChI is InChI=1S/C16H14ClF3N4O2/c17-12-2-1-10(9-11(12)16(18,19)20)22-15-21-4-3-13(23-15)14(25)24-5-7-26-8-6-24/h1-4,9H,5-8H2,(H,21,22,23). The highest BCUT2D eigenvalue weighted by atomic mass is 35.5. The minimum atomic E-state index is -4.58. The first-order valence-corrected chi connectivity index (χ1v) is 8.06. The van der Waals surface area contributed by atoms with Gasteiger partial charge in [0.2, 0.25) is 5.95 Å². The van der Waals surface area contributed by atoms with Gasteiger partial charge in [-0.05, 0) is 24.3 Å². The number of carbonyl (C=O) groups excluding carboxylic acids is 1. The normalized spacial score (nSPS) is 15.0. The maximum absolute atomic E-state index is 12.9. The fraction of sp³-hybridized carbons (Fsp3) is 0.312. The van der Waals surface area contributed by atoms with Crippen LogP contribution in [0.15, 0.2) is 30.5 Å². The van der Waals surface area contributed by atoms with Crippen LogP contribution in [0.5, 0.6) is 0 Å². The van der Waals surface area contributed by atoms with Gasteiger partial charge < -0.3 is 15.0 Å². The molecule has 6 nitrogen and oxygen atoms in total. The van der Waals surface area contributed by atoms with Gasteiger partial charge in [0, 0.05) is 25.0 Å². The molecule has 10 heteroatoms. The van der Waals surface area contributed by atoms with Gasteiger partial charge in [-0.15, -0.1) is 0 Å². The number of halogens is 4. The first kappa shape index (κ1) is 18.4. The van der Waals surface area contributed by atoms with Gasteiger partial charge in [-0.25, -0.2) is 9.97 Å². The van der Waals surface area contributed by atoms with Gasteiger partial charge in [0.25, 0.3) is 5.91 Å². The number of morpholine rings is 1. The summed E-state index contributed by atoms with van der Waals surface area (Å²) >= 11 is 5.60. The average molecular weight is 387 g/mol. The zero-order valence-electron chi connectivity index (χ0n) is 13.4. The highest BCUT2D eigenvalue weighted by Gasteiger charge is 2.33. The molecule has 0 spiro atoms. The quantitative estimate of drug-likeness (QED) is 0.876. The van der Waals surface area contributed by atoms with Crippen LogP contribution in [0, 0.1) is 0 Å². The molecule has 1 N–H and O–H groups in total. The number of hydrogen-bond acceptors (Lipinski definition) is 5. The number of anilines is 2. The molecule has 1 aromatic carbocycles. The van der Waals surface area contributed by atoms with E-state index in [0.717, 1.165) is 12.1 Å². The second-order valence-corrected chi connectivity index (χ2v) is 5.89. The van der Waals surface area contributed by atoms with Crippen molar-refractivity contribution < 1.29 is 22.7 Å². The lowest BCUT2D eigenvalue weighted by Gasteiger charge is -2.26. The summed E-state index contributed by atoms with van der Waals surface area (Å²) in [5.41, 5.74) is -0.711.